The van der Waals surface area contributed by atoms with E-state index in [1.807, 2.05) is 36.4 Å². The summed E-state index contributed by atoms with van der Waals surface area (Å²) in [6.45, 7) is 1.65. The molecule has 0 aliphatic carbocycles. The van der Waals surface area contributed by atoms with Gasteiger partial charge in [0.2, 0.25) is 11.8 Å². The molecule has 0 aliphatic heterocycles. The summed E-state index contributed by atoms with van der Waals surface area (Å²) >= 11 is 2.10. The zero-order chi connectivity index (χ0) is 17.8. The van der Waals surface area contributed by atoms with Crippen molar-refractivity contribution in [2.24, 2.45) is 0 Å². The maximum Gasteiger partial charge on any atom is 0.247 e. The van der Waals surface area contributed by atoms with Crippen molar-refractivity contribution in [3.63, 3.8) is 0 Å². The van der Waals surface area contributed by atoms with Crippen LogP contribution < -0.4 is 5.32 Å². The number of hydrogen-bond acceptors (Lipinski definition) is 6. The fourth-order valence-electron chi connectivity index (χ4n) is 2.32. The molecule has 0 saturated carbocycles. The molecule has 3 rings (SSSR count). The number of anilines is 1. The van der Waals surface area contributed by atoms with Gasteiger partial charge in [0.15, 0.2) is 0 Å². The van der Waals surface area contributed by atoms with Gasteiger partial charge < -0.3 is 14.8 Å². The Morgan fingerprint density at radius 1 is 1.20 bits per heavy atom. The molecule has 0 bridgehead atoms. The molecule has 126 valence electrons. The van der Waals surface area contributed by atoms with Crippen molar-refractivity contribution in [3.8, 4) is 17.5 Å². The third-order valence-corrected chi connectivity index (χ3v) is 4.51. The number of rotatable bonds is 5. The zero-order valence-corrected chi connectivity index (χ0v) is 15.5. The van der Waals surface area contributed by atoms with E-state index < -0.39 is 12.1 Å². The molecular formula is C18H15IN4O2. The van der Waals surface area contributed by atoms with E-state index in [-0.39, 0.29) is 0 Å². The molecule has 1 heterocycles. The molecule has 7 heteroatoms. The van der Waals surface area contributed by atoms with Gasteiger partial charge >= 0.3 is 0 Å². The number of aliphatic hydroxyl groups excluding tert-OH is 1. The van der Waals surface area contributed by atoms with Gasteiger partial charge in [0.1, 0.15) is 12.1 Å². The number of aliphatic hydroxyl groups is 1. The number of aromatic nitrogens is 2. The minimum atomic E-state index is -0.752. The first-order valence-corrected chi connectivity index (χ1v) is 8.69. The minimum Gasteiger partial charge on any atom is -0.418 e. The molecule has 0 aliphatic rings. The molecule has 3 aromatic rings. The van der Waals surface area contributed by atoms with Crippen LogP contribution in [0.1, 0.15) is 24.4 Å². The van der Waals surface area contributed by atoms with Crippen molar-refractivity contribution in [3.05, 3.63) is 63.6 Å². The summed E-state index contributed by atoms with van der Waals surface area (Å²) in [4.78, 5) is 0. The Morgan fingerprint density at radius 3 is 2.60 bits per heavy atom. The highest BCUT2D eigenvalue weighted by Gasteiger charge is 2.24. The molecule has 0 amide bonds. The first-order chi connectivity index (χ1) is 12.1. The van der Waals surface area contributed by atoms with E-state index in [0.29, 0.717) is 17.3 Å². The molecule has 0 radical (unpaired) electrons. The lowest BCUT2D eigenvalue weighted by atomic mass is 10.1. The Balaban J connectivity index is 1.86. The van der Waals surface area contributed by atoms with Crippen LogP contribution in [0.3, 0.4) is 0 Å². The molecule has 0 fully saturated rings. The third-order valence-electron chi connectivity index (χ3n) is 3.62. The second kappa shape index (κ2) is 7.63. The van der Waals surface area contributed by atoms with Crippen molar-refractivity contribution in [1.29, 1.82) is 5.26 Å². The largest absolute Gasteiger partial charge is 0.418 e. The Bertz CT molecular complexity index is 903. The summed E-state index contributed by atoms with van der Waals surface area (Å²) in [5.41, 5.74) is 2.18. The average molecular weight is 446 g/mol. The van der Waals surface area contributed by atoms with Crippen molar-refractivity contribution < 1.29 is 9.52 Å². The summed E-state index contributed by atoms with van der Waals surface area (Å²) in [6, 6.07) is 16.4. The molecular weight excluding hydrogens is 431 g/mol. The summed E-state index contributed by atoms with van der Waals surface area (Å²) in [5.74, 6) is 0.700. The molecule has 6 nitrogen and oxygen atoms in total. The van der Waals surface area contributed by atoms with Crippen LogP contribution in [0.2, 0.25) is 0 Å². The topological polar surface area (TPSA) is 95.0 Å². The predicted molar refractivity (Wildman–Crippen MR) is 102 cm³/mol. The first kappa shape index (κ1) is 17.4. The lowest BCUT2D eigenvalue weighted by Gasteiger charge is -2.19. The van der Waals surface area contributed by atoms with Crippen LogP contribution in [0.5, 0.6) is 0 Å². The lowest BCUT2D eigenvalue weighted by molar-refractivity contribution is 0.160. The molecule has 0 unspecified atom stereocenters. The van der Waals surface area contributed by atoms with E-state index >= 15 is 0 Å². The zero-order valence-electron chi connectivity index (χ0n) is 13.3. The van der Waals surface area contributed by atoms with Crippen molar-refractivity contribution >= 4 is 28.3 Å². The summed E-state index contributed by atoms with van der Waals surface area (Å²) in [5, 5.41) is 30.5. The van der Waals surface area contributed by atoms with Crippen molar-refractivity contribution in [2.75, 3.05) is 5.32 Å². The quantitative estimate of drug-likeness (QED) is 0.580. The Labute approximate surface area is 158 Å². The van der Waals surface area contributed by atoms with E-state index in [1.54, 1.807) is 19.1 Å². The SMILES string of the molecule is C[C@H](O)[C@@H](Nc1ccc(C#N)c(I)c1)c1nnc(-c2ccccc2)o1. The monoisotopic (exact) mass is 446 g/mol. The molecule has 0 saturated heterocycles. The molecule has 25 heavy (non-hydrogen) atoms. The highest BCUT2D eigenvalue weighted by Crippen LogP contribution is 2.26. The molecule has 2 N–H and O–H groups in total. The van der Waals surface area contributed by atoms with Crippen LogP contribution in [0.25, 0.3) is 11.5 Å². The van der Waals surface area contributed by atoms with Crippen LogP contribution in [-0.4, -0.2) is 21.4 Å². The number of nitrogens with zero attached hydrogens (tertiary/aromatic N) is 3. The van der Waals surface area contributed by atoms with E-state index in [0.717, 1.165) is 14.8 Å². The van der Waals surface area contributed by atoms with Gasteiger partial charge in [-0.15, -0.1) is 10.2 Å². The summed E-state index contributed by atoms with van der Waals surface area (Å²) < 4.78 is 6.57. The summed E-state index contributed by atoms with van der Waals surface area (Å²) in [6.07, 6.45) is -0.752. The van der Waals surface area contributed by atoms with Gasteiger partial charge in [-0.2, -0.15) is 5.26 Å². The highest BCUT2D eigenvalue weighted by atomic mass is 127. The predicted octanol–water partition coefficient (Wildman–Crippen LogP) is 3.75. The Hall–Kier alpha value is -2.44. The van der Waals surface area contributed by atoms with Crippen molar-refractivity contribution in [2.45, 2.75) is 19.1 Å². The maximum absolute atomic E-state index is 10.1. The third kappa shape index (κ3) is 3.97. The van der Waals surface area contributed by atoms with Gasteiger partial charge in [-0.3, -0.25) is 0 Å². The molecule has 0 spiro atoms. The van der Waals surface area contributed by atoms with Gasteiger partial charge in [-0.25, -0.2) is 0 Å². The number of nitriles is 1. The van der Waals surface area contributed by atoms with E-state index in [4.69, 9.17) is 9.68 Å². The van der Waals surface area contributed by atoms with Crippen LogP contribution in [0.15, 0.2) is 52.9 Å². The Kier molecular flexibility index (Phi) is 5.31. The second-order valence-corrected chi connectivity index (χ2v) is 6.64. The van der Waals surface area contributed by atoms with Gasteiger partial charge in [0, 0.05) is 14.8 Å². The standard InChI is InChI=1S/C18H15IN4O2/c1-11(24)16(21-14-8-7-13(10-20)15(19)9-14)18-23-22-17(25-18)12-5-3-2-4-6-12/h2-9,11,16,21,24H,1H3/t11-,16+/m0/s1. The molecule has 2 atom stereocenters. The van der Waals surface area contributed by atoms with Crippen LogP contribution in [-0.2, 0) is 0 Å². The number of nitrogens with one attached hydrogen (secondary N) is 1. The highest BCUT2D eigenvalue weighted by molar-refractivity contribution is 14.1. The number of benzene rings is 2. The van der Waals surface area contributed by atoms with E-state index in [9.17, 15) is 5.11 Å². The van der Waals surface area contributed by atoms with Gasteiger partial charge in [-0.1, -0.05) is 18.2 Å². The smallest absolute Gasteiger partial charge is 0.247 e. The van der Waals surface area contributed by atoms with Crippen LogP contribution in [0, 0.1) is 14.9 Å². The van der Waals surface area contributed by atoms with E-state index in [2.05, 4.69) is 44.2 Å². The Morgan fingerprint density at radius 2 is 1.96 bits per heavy atom. The van der Waals surface area contributed by atoms with Crippen LogP contribution in [0.4, 0.5) is 5.69 Å². The fraction of sp³-hybridized carbons (Fsp3) is 0.167. The second-order valence-electron chi connectivity index (χ2n) is 5.48. The maximum atomic E-state index is 10.1. The van der Waals surface area contributed by atoms with E-state index in [1.165, 1.54) is 0 Å². The van der Waals surface area contributed by atoms with Gasteiger partial charge in [0.25, 0.3) is 0 Å². The number of hydrogen-bond donors (Lipinski definition) is 2. The fourth-order valence-corrected chi connectivity index (χ4v) is 2.96. The normalized spacial score (nSPS) is 13.0. The van der Waals surface area contributed by atoms with Gasteiger partial charge in [0.05, 0.1) is 11.7 Å². The first-order valence-electron chi connectivity index (χ1n) is 7.61. The molecule has 1 aromatic heterocycles. The minimum absolute atomic E-state index is 0.299. The summed E-state index contributed by atoms with van der Waals surface area (Å²) in [7, 11) is 0. The molecule has 2 aromatic carbocycles. The average Bonchev–Trinajstić information content (AvgIpc) is 3.10. The number of halogens is 1. The van der Waals surface area contributed by atoms with Gasteiger partial charge in [-0.05, 0) is 59.8 Å². The lowest BCUT2D eigenvalue weighted by Crippen LogP contribution is -2.23. The van der Waals surface area contributed by atoms with Crippen LogP contribution >= 0.6 is 22.6 Å². The van der Waals surface area contributed by atoms with Crippen molar-refractivity contribution in [1.82, 2.24) is 10.2 Å².